The largest absolute Gasteiger partial charge is 0.383 e. The van der Waals surface area contributed by atoms with Crippen LogP contribution in [0.3, 0.4) is 0 Å². The van der Waals surface area contributed by atoms with Crippen molar-refractivity contribution in [2.45, 2.75) is 26.2 Å². The minimum absolute atomic E-state index is 0.817. The van der Waals surface area contributed by atoms with Gasteiger partial charge in [0, 0.05) is 26.7 Å². The van der Waals surface area contributed by atoms with Crippen molar-refractivity contribution in [1.82, 2.24) is 10.2 Å². The van der Waals surface area contributed by atoms with Crippen LogP contribution in [0, 0.1) is 5.92 Å². The number of nitrogens with zero attached hydrogens (tertiary/aromatic N) is 1. The molecule has 0 aliphatic carbocycles. The highest BCUT2D eigenvalue weighted by molar-refractivity contribution is 4.68. The maximum Gasteiger partial charge on any atom is 0.0587 e. The van der Waals surface area contributed by atoms with Crippen molar-refractivity contribution in [2.75, 3.05) is 46.4 Å². The standard InChI is InChI=1S/C12H26N2O/c1-12-4-3-8-14(9-5-12)10-6-13-7-11-15-2/h12-13H,3-11H2,1-2H3. The molecule has 1 N–H and O–H groups in total. The lowest BCUT2D eigenvalue weighted by molar-refractivity contribution is 0.196. The third kappa shape index (κ3) is 6.13. The molecule has 0 radical (unpaired) electrons. The molecule has 0 amide bonds. The Balaban J connectivity index is 2.00. The van der Waals surface area contributed by atoms with Gasteiger partial charge in [-0.15, -0.1) is 0 Å². The SMILES string of the molecule is COCCNCCN1CCCC(C)CC1. The second kappa shape index (κ2) is 8.08. The van der Waals surface area contributed by atoms with Gasteiger partial charge in [0.15, 0.2) is 0 Å². The average molecular weight is 214 g/mol. The summed E-state index contributed by atoms with van der Waals surface area (Å²) < 4.78 is 4.99. The van der Waals surface area contributed by atoms with Crippen LogP contribution in [0.15, 0.2) is 0 Å². The summed E-state index contributed by atoms with van der Waals surface area (Å²) in [6.45, 7) is 9.02. The van der Waals surface area contributed by atoms with E-state index < -0.39 is 0 Å². The second-order valence-corrected chi connectivity index (χ2v) is 4.62. The van der Waals surface area contributed by atoms with E-state index in [2.05, 4.69) is 17.1 Å². The molecule has 0 saturated carbocycles. The van der Waals surface area contributed by atoms with Crippen LogP contribution in [0.25, 0.3) is 0 Å². The van der Waals surface area contributed by atoms with Gasteiger partial charge in [0.2, 0.25) is 0 Å². The summed E-state index contributed by atoms with van der Waals surface area (Å²) in [5, 5.41) is 3.40. The molecule has 1 saturated heterocycles. The van der Waals surface area contributed by atoms with Gasteiger partial charge in [-0.3, -0.25) is 0 Å². The van der Waals surface area contributed by atoms with Crippen molar-refractivity contribution >= 4 is 0 Å². The van der Waals surface area contributed by atoms with Gasteiger partial charge in [-0.25, -0.2) is 0 Å². The Labute approximate surface area is 94.2 Å². The molecule has 3 heteroatoms. The van der Waals surface area contributed by atoms with Crippen LogP contribution in [0.4, 0.5) is 0 Å². The minimum atomic E-state index is 0.817. The highest BCUT2D eigenvalue weighted by Crippen LogP contribution is 2.15. The van der Waals surface area contributed by atoms with Gasteiger partial charge in [-0.2, -0.15) is 0 Å². The zero-order valence-electron chi connectivity index (χ0n) is 10.3. The predicted molar refractivity (Wildman–Crippen MR) is 64.2 cm³/mol. The van der Waals surface area contributed by atoms with Crippen LogP contribution in [0.2, 0.25) is 0 Å². The van der Waals surface area contributed by atoms with E-state index in [-0.39, 0.29) is 0 Å². The average Bonchev–Trinajstić information content (AvgIpc) is 2.43. The molecule has 1 heterocycles. The van der Waals surface area contributed by atoms with E-state index >= 15 is 0 Å². The highest BCUT2D eigenvalue weighted by Gasteiger charge is 2.12. The van der Waals surface area contributed by atoms with Crippen LogP contribution in [-0.4, -0.2) is 51.3 Å². The number of rotatable bonds is 6. The molecule has 1 fully saturated rings. The molecule has 0 aromatic rings. The van der Waals surface area contributed by atoms with Gasteiger partial charge in [-0.05, 0) is 38.3 Å². The zero-order chi connectivity index (χ0) is 10.9. The van der Waals surface area contributed by atoms with Crippen LogP contribution >= 0.6 is 0 Å². The maximum absolute atomic E-state index is 4.99. The zero-order valence-corrected chi connectivity index (χ0v) is 10.3. The van der Waals surface area contributed by atoms with Gasteiger partial charge in [-0.1, -0.05) is 6.92 Å². The van der Waals surface area contributed by atoms with E-state index in [1.165, 1.54) is 38.9 Å². The van der Waals surface area contributed by atoms with Gasteiger partial charge < -0.3 is 15.0 Å². The van der Waals surface area contributed by atoms with Gasteiger partial charge in [0.1, 0.15) is 0 Å². The summed E-state index contributed by atoms with van der Waals surface area (Å²) in [6, 6.07) is 0. The van der Waals surface area contributed by atoms with Crippen molar-refractivity contribution in [3.05, 3.63) is 0 Å². The van der Waals surface area contributed by atoms with Crippen LogP contribution in [-0.2, 0) is 4.74 Å². The van der Waals surface area contributed by atoms with Crippen LogP contribution < -0.4 is 5.32 Å². The lowest BCUT2D eigenvalue weighted by atomic mass is 10.0. The molecule has 3 nitrogen and oxygen atoms in total. The number of ether oxygens (including phenoxy) is 1. The van der Waals surface area contributed by atoms with Crippen molar-refractivity contribution in [1.29, 1.82) is 0 Å². The first-order valence-corrected chi connectivity index (χ1v) is 6.25. The van der Waals surface area contributed by atoms with Crippen molar-refractivity contribution < 1.29 is 4.74 Å². The summed E-state index contributed by atoms with van der Waals surface area (Å²) >= 11 is 0. The van der Waals surface area contributed by atoms with E-state index in [1.807, 2.05) is 0 Å². The molecule has 0 bridgehead atoms. The van der Waals surface area contributed by atoms with E-state index in [0.717, 1.165) is 25.6 Å². The molecular weight excluding hydrogens is 188 g/mol. The van der Waals surface area contributed by atoms with E-state index in [9.17, 15) is 0 Å². The molecule has 90 valence electrons. The Morgan fingerprint density at radius 1 is 1.27 bits per heavy atom. The van der Waals surface area contributed by atoms with Crippen molar-refractivity contribution in [2.24, 2.45) is 5.92 Å². The third-order valence-electron chi connectivity index (χ3n) is 3.20. The number of likely N-dealkylation sites (tertiary alicyclic amines) is 1. The third-order valence-corrected chi connectivity index (χ3v) is 3.20. The predicted octanol–water partition coefficient (Wildman–Crippen LogP) is 1.34. The fourth-order valence-corrected chi connectivity index (χ4v) is 2.08. The molecule has 0 aromatic heterocycles. The lowest BCUT2D eigenvalue weighted by Gasteiger charge is -2.19. The first-order chi connectivity index (χ1) is 7.33. The number of nitrogens with one attached hydrogen (secondary N) is 1. The van der Waals surface area contributed by atoms with Gasteiger partial charge in [0.25, 0.3) is 0 Å². The van der Waals surface area contributed by atoms with Crippen LogP contribution in [0.1, 0.15) is 26.2 Å². The molecule has 0 aromatic carbocycles. The lowest BCUT2D eigenvalue weighted by Crippen LogP contribution is -2.34. The summed E-state index contributed by atoms with van der Waals surface area (Å²) in [6.07, 6.45) is 4.16. The molecule has 1 unspecified atom stereocenters. The van der Waals surface area contributed by atoms with E-state index in [0.29, 0.717) is 0 Å². The normalized spacial score (nSPS) is 24.0. The topological polar surface area (TPSA) is 24.5 Å². The Morgan fingerprint density at radius 2 is 2.13 bits per heavy atom. The summed E-state index contributed by atoms with van der Waals surface area (Å²) in [4.78, 5) is 2.59. The number of hydrogen-bond acceptors (Lipinski definition) is 3. The Hall–Kier alpha value is -0.120. The monoisotopic (exact) mass is 214 g/mol. The highest BCUT2D eigenvalue weighted by atomic mass is 16.5. The minimum Gasteiger partial charge on any atom is -0.383 e. The first kappa shape index (κ1) is 12.9. The smallest absolute Gasteiger partial charge is 0.0587 e. The summed E-state index contributed by atoms with van der Waals surface area (Å²) in [7, 11) is 1.75. The van der Waals surface area contributed by atoms with E-state index in [4.69, 9.17) is 4.74 Å². The van der Waals surface area contributed by atoms with Crippen molar-refractivity contribution in [3.63, 3.8) is 0 Å². The second-order valence-electron chi connectivity index (χ2n) is 4.62. The fourth-order valence-electron chi connectivity index (χ4n) is 2.08. The van der Waals surface area contributed by atoms with Crippen LogP contribution in [0.5, 0.6) is 0 Å². The molecular formula is C12H26N2O. The Bertz CT molecular complexity index is 153. The van der Waals surface area contributed by atoms with Gasteiger partial charge in [0.05, 0.1) is 6.61 Å². The molecule has 0 spiro atoms. The molecule has 1 rings (SSSR count). The summed E-state index contributed by atoms with van der Waals surface area (Å²) in [5.74, 6) is 0.927. The quantitative estimate of drug-likeness (QED) is 0.675. The fraction of sp³-hybridized carbons (Fsp3) is 1.00. The summed E-state index contributed by atoms with van der Waals surface area (Å²) in [5.41, 5.74) is 0. The number of methoxy groups -OCH3 is 1. The Morgan fingerprint density at radius 3 is 2.93 bits per heavy atom. The number of hydrogen-bond donors (Lipinski definition) is 1. The first-order valence-electron chi connectivity index (χ1n) is 6.25. The van der Waals surface area contributed by atoms with Gasteiger partial charge >= 0.3 is 0 Å². The molecule has 1 aliphatic heterocycles. The molecule has 1 aliphatic rings. The van der Waals surface area contributed by atoms with Crippen molar-refractivity contribution in [3.8, 4) is 0 Å². The Kier molecular flexibility index (Phi) is 6.98. The maximum atomic E-state index is 4.99. The molecule has 1 atom stereocenters. The molecule has 15 heavy (non-hydrogen) atoms. The van der Waals surface area contributed by atoms with E-state index in [1.54, 1.807) is 7.11 Å².